The fourth-order valence-corrected chi connectivity index (χ4v) is 3.84. The summed E-state index contributed by atoms with van der Waals surface area (Å²) in [6.07, 6.45) is 4.54. The molecule has 1 aromatic rings. The minimum absolute atomic E-state index is 0.105. The molecule has 3 heteroatoms. The van der Waals surface area contributed by atoms with Gasteiger partial charge >= 0.3 is 0 Å². The number of hydrogen-bond donors (Lipinski definition) is 1. The number of ketones is 1. The van der Waals surface area contributed by atoms with Crippen molar-refractivity contribution in [3.8, 4) is 0 Å². The first kappa shape index (κ1) is 14.7. The lowest BCUT2D eigenvalue weighted by Gasteiger charge is -2.35. The van der Waals surface area contributed by atoms with Crippen molar-refractivity contribution >= 4 is 5.78 Å². The average molecular weight is 286 g/mol. The zero-order chi connectivity index (χ0) is 14.8. The van der Waals surface area contributed by atoms with Gasteiger partial charge in [-0.3, -0.25) is 9.69 Å². The number of piperidine rings is 1. The van der Waals surface area contributed by atoms with Crippen LogP contribution in [0.3, 0.4) is 0 Å². The van der Waals surface area contributed by atoms with E-state index in [0.717, 1.165) is 43.6 Å². The van der Waals surface area contributed by atoms with Crippen LogP contribution in [0.2, 0.25) is 0 Å². The first-order chi connectivity index (χ1) is 10.2. The van der Waals surface area contributed by atoms with Crippen LogP contribution in [0.15, 0.2) is 18.2 Å². The highest BCUT2D eigenvalue weighted by Crippen LogP contribution is 2.28. The number of rotatable bonds is 3. The van der Waals surface area contributed by atoms with Gasteiger partial charge in [0, 0.05) is 11.6 Å². The normalized spacial score (nSPS) is 24.4. The van der Waals surface area contributed by atoms with Crippen molar-refractivity contribution < 1.29 is 4.79 Å². The number of nitrogens with zero attached hydrogens (tertiary/aromatic N) is 1. The molecule has 114 valence electrons. The molecule has 0 spiro atoms. The van der Waals surface area contributed by atoms with Crippen LogP contribution < -0.4 is 5.32 Å². The lowest BCUT2D eigenvalue weighted by atomic mass is 9.94. The molecule has 2 heterocycles. The maximum atomic E-state index is 13.0. The van der Waals surface area contributed by atoms with Gasteiger partial charge in [-0.25, -0.2) is 0 Å². The second-order valence-corrected chi connectivity index (χ2v) is 6.49. The van der Waals surface area contributed by atoms with Crippen LogP contribution in [0.1, 0.15) is 47.2 Å². The molecule has 1 aromatic carbocycles. The molecule has 0 amide bonds. The van der Waals surface area contributed by atoms with Crippen molar-refractivity contribution in [2.24, 2.45) is 0 Å². The van der Waals surface area contributed by atoms with Gasteiger partial charge in [0.05, 0.1) is 6.04 Å². The van der Waals surface area contributed by atoms with E-state index in [1.54, 1.807) is 0 Å². The van der Waals surface area contributed by atoms with Crippen molar-refractivity contribution in [3.63, 3.8) is 0 Å². The number of carbonyl (C=O) groups excluding carboxylic acids is 1. The number of Topliss-reactive ketones (excluding diaryl/α,β-unsaturated/α-hetero) is 1. The second-order valence-electron chi connectivity index (χ2n) is 6.49. The molecule has 0 radical (unpaired) electrons. The Morgan fingerprint density at radius 1 is 1.19 bits per heavy atom. The van der Waals surface area contributed by atoms with E-state index in [4.69, 9.17) is 0 Å². The highest BCUT2D eigenvalue weighted by Gasteiger charge is 2.36. The number of likely N-dealkylation sites (tertiary alicyclic amines) is 1. The highest BCUT2D eigenvalue weighted by molar-refractivity contribution is 6.01. The van der Waals surface area contributed by atoms with Gasteiger partial charge < -0.3 is 5.32 Å². The summed E-state index contributed by atoms with van der Waals surface area (Å²) in [5, 5.41) is 3.42. The third-order valence-corrected chi connectivity index (χ3v) is 5.24. The van der Waals surface area contributed by atoms with Gasteiger partial charge in [0.2, 0.25) is 0 Å². The fraction of sp³-hybridized carbons (Fsp3) is 0.611. The average Bonchev–Trinajstić information content (AvgIpc) is 3.00. The standard InChI is InChI=1S/C18H26N2O/c1-13-5-3-6-16(14(13)2)18(21)17-7-4-12-20(17)15-8-10-19-11-9-15/h3,5-6,15,17,19H,4,7-12H2,1-2H3. The van der Waals surface area contributed by atoms with E-state index in [9.17, 15) is 4.79 Å². The Hall–Kier alpha value is -1.19. The molecule has 3 rings (SSSR count). The van der Waals surface area contributed by atoms with Crippen LogP contribution in [0.4, 0.5) is 0 Å². The molecule has 21 heavy (non-hydrogen) atoms. The lowest BCUT2D eigenvalue weighted by molar-refractivity contribution is 0.0783. The molecule has 0 aliphatic carbocycles. The molecule has 1 N–H and O–H groups in total. The SMILES string of the molecule is Cc1cccc(C(=O)C2CCCN2C2CCNCC2)c1C. The zero-order valence-corrected chi connectivity index (χ0v) is 13.2. The maximum absolute atomic E-state index is 13.0. The van der Waals surface area contributed by atoms with E-state index in [-0.39, 0.29) is 6.04 Å². The Kier molecular flexibility index (Phi) is 4.41. The number of nitrogens with one attached hydrogen (secondary N) is 1. The van der Waals surface area contributed by atoms with Crippen LogP contribution in [-0.4, -0.2) is 42.4 Å². The van der Waals surface area contributed by atoms with Crippen molar-refractivity contribution in [2.75, 3.05) is 19.6 Å². The van der Waals surface area contributed by atoms with Gasteiger partial charge in [0.25, 0.3) is 0 Å². The number of carbonyl (C=O) groups is 1. The smallest absolute Gasteiger partial charge is 0.180 e. The van der Waals surface area contributed by atoms with Crippen molar-refractivity contribution in [2.45, 2.75) is 51.6 Å². The molecule has 0 aromatic heterocycles. The van der Waals surface area contributed by atoms with E-state index in [2.05, 4.69) is 30.1 Å². The van der Waals surface area contributed by atoms with Crippen LogP contribution in [0.25, 0.3) is 0 Å². The van der Waals surface area contributed by atoms with E-state index >= 15 is 0 Å². The highest BCUT2D eigenvalue weighted by atomic mass is 16.1. The largest absolute Gasteiger partial charge is 0.317 e. The summed E-state index contributed by atoms with van der Waals surface area (Å²) in [4.78, 5) is 15.5. The Morgan fingerprint density at radius 3 is 2.71 bits per heavy atom. The maximum Gasteiger partial charge on any atom is 0.180 e. The predicted molar refractivity (Wildman–Crippen MR) is 85.9 cm³/mol. The molecule has 0 saturated carbocycles. The van der Waals surface area contributed by atoms with Gasteiger partial charge in [-0.05, 0) is 70.3 Å². The van der Waals surface area contributed by atoms with Gasteiger partial charge in [-0.15, -0.1) is 0 Å². The Bertz CT molecular complexity index is 520. The molecule has 3 nitrogen and oxygen atoms in total. The summed E-state index contributed by atoms with van der Waals surface area (Å²) in [6.45, 7) is 7.43. The number of aryl methyl sites for hydroxylation is 1. The van der Waals surface area contributed by atoms with Crippen LogP contribution >= 0.6 is 0 Å². The van der Waals surface area contributed by atoms with Crippen LogP contribution in [0.5, 0.6) is 0 Å². The Morgan fingerprint density at radius 2 is 1.95 bits per heavy atom. The molecule has 2 saturated heterocycles. The molecule has 2 aliphatic rings. The van der Waals surface area contributed by atoms with Gasteiger partial charge in [0.15, 0.2) is 5.78 Å². The van der Waals surface area contributed by atoms with E-state index in [1.807, 2.05) is 12.1 Å². The van der Waals surface area contributed by atoms with Gasteiger partial charge in [0.1, 0.15) is 0 Å². The molecule has 1 unspecified atom stereocenters. The van der Waals surface area contributed by atoms with E-state index < -0.39 is 0 Å². The molecule has 2 fully saturated rings. The van der Waals surface area contributed by atoms with Crippen LogP contribution in [-0.2, 0) is 0 Å². The Labute approximate surface area is 127 Å². The lowest BCUT2D eigenvalue weighted by Crippen LogP contribution is -2.48. The second kappa shape index (κ2) is 6.29. The minimum Gasteiger partial charge on any atom is -0.317 e. The predicted octanol–water partition coefficient (Wildman–Crippen LogP) is 2.70. The minimum atomic E-state index is 0.105. The summed E-state index contributed by atoms with van der Waals surface area (Å²) in [7, 11) is 0. The molecular weight excluding hydrogens is 260 g/mol. The van der Waals surface area contributed by atoms with Gasteiger partial charge in [-0.2, -0.15) is 0 Å². The Balaban J connectivity index is 1.81. The van der Waals surface area contributed by atoms with E-state index in [1.165, 1.54) is 18.4 Å². The first-order valence-electron chi connectivity index (χ1n) is 8.25. The summed E-state index contributed by atoms with van der Waals surface area (Å²) < 4.78 is 0. The molecule has 2 aliphatic heterocycles. The molecular formula is C18H26N2O. The summed E-state index contributed by atoms with van der Waals surface area (Å²) in [5.41, 5.74) is 3.30. The van der Waals surface area contributed by atoms with Crippen molar-refractivity contribution in [1.29, 1.82) is 0 Å². The number of benzene rings is 1. The number of hydrogen-bond acceptors (Lipinski definition) is 3. The fourth-order valence-electron chi connectivity index (χ4n) is 3.84. The zero-order valence-electron chi connectivity index (χ0n) is 13.2. The monoisotopic (exact) mass is 286 g/mol. The third-order valence-electron chi connectivity index (χ3n) is 5.24. The van der Waals surface area contributed by atoms with Crippen molar-refractivity contribution in [3.05, 3.63) is 34.9 Å². The van der Waals surface area contributed by atoms with Crippen LogP contribution in [0, 0.1) is 13.8 Å². The van der Waals surface area contributed by atoms with Crippen molar-refractivity contribution in [1.82, 2.24) is 10.2 Å². The first-order valence-corrected chi connectivity index (χ1v) is 8.25. The van der Waals surface area contributed by atoms with E-state index in [0.29, 0.717) is 11.8 Å². The molecule has 1 atom stereocenters. The molecule has 0 bridgehead atoms. The summed E-state index contributed by atoms with van der Waals surface area (Å²) in [5.74, 6) is 0.340. The van der Waals surface area contributed by atoms with Gasteiger partial charge in [-0.1, -0.05) is 18.2 Å². The topological polar surface area (TPSA) is 32.3 Å². The quantitative estimate of drug-likeness (QED) is 0.867. The summed E-state index contributed by atoms with van der Waals surface area (Å²) in [6, 6.07) is 6.80. The third kappa shape index (κ3) is 2.90. The summed E-state index contributed by atoms with van der Waals surface area (Å²) >= 11 is 0.